The zero-order valence-corrected chi connectivity index (χ0v) is 8.22. The molecule has 1 rings (SSSR count). The Balaban J connectivity index is 2.56. The van der Waals surface area contributed by atoms with E-state index >= 15 is 0 Å². The number of aliphatic hydroxyl groups is 1. The SMILES string of the molecule is CCNC(CN)C1(O)CC1(C)C. The van der Waals surface area contributed by atoms with Gasteiger partial charge in [-0.05, 0) is 18.4 Å². The summed E-state index contributed by atoms with van der Waals surface area (Å²) in [6, 6.07) is 0.0532. The van der Waals surface area contributed by atoms with Crippen molar-refractivity contribution in [3.8, 4) is 0 Å². The van der Waals surface area contributed by atoms with Crippen LogP contribution in [0.2, 0.25) is 0 Å². The first kappa shape index (κ1) is 9.96. The van der Waals surface area contributed by atoms with Gasteiger partial charge in [0.05, 0.1) is 5.60 Å². The van der Waals surface area contributed by atoms with E-state index in [1.807, 2.05) is 6.92 Å². The van der Waals surface area contributed by atoms with Crippen LogP contribution < -0.4 is 11.1 Å². The van der Waals surface area contributed by atoms with E-state index in [9.17, 15) is 5.11 Å². The van der Waals surface area contributed by atoms with Crippen LogP contribution in [-0.2, 0) is 0 Å². The molecule has 0 amide bonds. The van der Waals surface area contributed by atoms with Gasteiger partial charge in [0.1, 0.15) is 0 Å². The summed E-state index contributed by atoms with van der Waals surface area (Å²) in [5.74, 6) is 0. The summed E-state index contributed by atoms with van der Waals surface area (Å²) in [6.07, 6.45) is 0.856. The van der Waals surface area contributed by atoms with E-state index in [0.717, 1.165) is 13.0 Å². The Hall–Kier alpha value is -0.120. The van der Waals surface area contributed by atoms with Crippen LogP contribution in [0.5, 0.6) is 0 Å². The molecule has 0 heterocycles. The number of hydrogen-bond donors (Lipinski definition) is 3. The molecule has 3 nitrogen and oxygen atoms in total. The molecule has 2 unspecified atom stereocenters. The molecule has 72 valence electrons. The van der Waals surface area contributed by atoms with Gasteiger partial charge in [-0.25, -0.2) is 0 Å². The van der Waals surface area contributed by atoms with Gasteiger partial charge < -0.3 is 16.2 Å². The molecule has 3 heteroatoms. The van der Waals surface area contributed by atoms with E-state index in [-0.39, 0.29) is 11.5 Å². The third kappa shape index (κ3) is 1.37. The van der Waals surface area contributed by atoms with Crippen LogP contribution in [0.25, 0.3) is 0 Å². The number of likely N-dealkylation sites (N-methyl/N-ethyl adjacent to an activating group) is 1. The first-order valence-corrected chi connectivity index (χ1v) is 4.64. The maximum Gasteiger partial charge on any atom is 0.0870 e. The summed E-state index contributed by atoms with van der Waals surface area (Å²) in [6.45, 7) is 7.55. The Labute approximate surface area is 74.3 Å². The Morgan fingerprint density at radius 2 is 2.08 bits per heavy atom. The van der Waals surface area contributed by atoms with Gasteiger partial charge in [0.15, 0.2) is 0 Å². The molecule has 2 atom stereocenters. The lowest BCUT2D eigenvalue weighted by molar-refractivity contribution is 0.0697. The fraction of sp³-hybridized carbons (Fsp3) is 1.00. The predicted octanol–water partition coefficient (Wildman–Crippen LogP) is 0.0842. The van der Waals surface area contributed by atoms with E-state index < -0.39 is 5.60 Å². The van der Waals surface area contributed by atoms with Crippen molar-refractivity contribution in [1.82, 2.24) is 5.32 Å². The molecule has 0 spiro atoms. The first-order chi connectivity index (χ1) is 5.48. The molecule has 4 N–H and O–H groups in total. The van der Waals surface area contributed by atoms with Gasteiger partial charge >= 0.3 is 0 Å². The molecule has 0 aromatic rings. The highest BCUT2D eigenvalue weighted by Crippen LogP contribution is 2.57. The molecule has 1 aliphatic carbocycles. The Bertz CT molecular complexity index is 170. The van der Waals surface area contributed by atoms with Crippen LogP contribution in [0.4, 0.5) is 0 Å². The van der Waals surface area contributed by atoms with Gasteiger partial charge in [-0.1, -0.05) is 20.8 Å². The molecule has 1 aliphatic rings. The van der Waals surface area contributed by atoms with E-state index in [4.69, 9.17) is 5.73 Å². The molecule has 1 fully saturated rings. The maximum absolute atomic E-state index is 10.1. The number of nitrogens with two attached hydrogens (primary N) is 1. The molecular formula is C9H20N2O. The highest BCUT2D eigenvalue weighted by molar-refractivity contribution is 5.17. The average molecular weight is 172 g/mol. The van der Waals surface area contributed by atoms with Crippen LogP contribution in [-0.4, -0.2) is 29.8 Å². The zero-order valence-electron chi connectivity index (χ0n) is 8.22. The molecule has 0 saturated heterocycles. The Kier molecular flexibility index (Phi) is 2.47. The standard InChI is InChI=1S/C9H20N2O/c1-4-11-7(5-10)9(12)6-8(9,2)3/h7,11-12H,4-6,10H2,1-3H3. The summed E-state index contributed by atoms with van der Waals surface area (Å²) in [5, 5.41) is 13.3. The van der Waals surface area contributed by atoms with Crippen molar-refractivity contribution in [1.29, 1.82) is 0 Å². The van der Waals surface area contributed by atoms with Crippen LogP contribution in [0.15, 0.2) is 0 Å². The minimum Gasteiger partial charge on any atom is -0.388 e. The maximum atomic E-state index is 10.1. The lowest BCUT2D eigenvalue weighted by Crippen LogP contribution is -2.49. The quantitative estimate of drug-likeness (QED) is 0.563. The number of hydrogen-bond acceptors (Lipinski definition) is 3. The van der Waals surface area contributed by atoms with E-state index in [0.29, 0.717) is 6.54 Å². The monoisotopic (exact) mass is 172 g/mol. The molecule has 0 aromatic carbocycles. The van der Waals surface area contributed by atoms with Crippen molar-refractivity contribution in [2.24, 2.45) is 11.1 Å². The molecule has 0 bridgehead atoms. The van der Waals surface area contributed by atoms with Gasteiger partial charge in [-0.3, -0.25) is 0 Å². The van der Waals surface area contributed by atoms with Crippen LogP contribution in [0.1, 0.15) is 27.2 Å². The third-order valence-corrected chi connectivity index (χ3v) is 3.02. The van der Waals surface area contributed by atoms with Crippen LogP contribution in [0.3, 0.4) is 0 Å². The topological polar surface area (TPSA) is 58.3 Å². The number of rotatable bonds is 4. The Morgan fingerprint density at radius 1 is 1.58 bits per heavy atom. The second kappa shape index (κ2) is 2.98. The van der Waals surface area contributed by atoms with Gasteiger partial charge in [0, 0.05) is 12.6 Å². The van der Waals surface area contributed by atoms with Crippen molar-refractivity contribution in [3.63, 3.8) is 0 Å². The van der Waals surface area contributed by atoms with Gasteiger partial charge in [0.2, 0.25) is 0 Å². The molecule has 1 saturated carbocycles. The molecular weight excluding hydrogens is 152 g/mol. The lowest BCUT2D eigenvalue weighted by atomic mass is 10.00. The van der Waals surface area contributed by atoms with Gasteiger partial charge in [-0.15, -0.1) is 0 Å². The second-order valence-corrected chi connectivity index (χ2v) is 4.33. The van der Waals surface area contributed by atoms with Crippen LogP contribution in [0, 0.1) is 5.41 Å². The van der Waals surface area contributed by atoms with Gasteiger partial charge in [-0.2, -0.15) is 0 Å². The van der Waals surface area contributed by atoms with Crippen molar-refractivity contribution >= 4 is 0 Å². The predicted molar refractivity (Wildman–Crippen MR) is 49.9 cm³/mol. The zero-order chi connectivity index (χ0) is 9.41. The first-order valence-electron chi connectivity index (χ1n) is 4.64. The molecule has 0 radical (unpaired) electrons. The molecule has 12 heavy (non-hydrogen) atoms. The van der Waals surface area contributed by atoms with E-state index in [1.165, 1.54) is 0 Å². The summed E-state index contributed by atoms with van der Waals surface area (Å²) in [4.78, 5) is 0. The highest BCUT2D eigenvalue weighted by atomic mass is 16.3. The summed E-state index contributed by atoms with van der Waals surface area (Å²) < 4.78 is 0. The van der Waals surface area contributed by atoms with Crippen molar-refractivity contribution in [2.75, 3.05) is 13.1 Å². The van der Waals surface area contributed by atoms with Crippen molar-refractivity contribution < 1.29 is 5.11 Å². The third-order valence-electron chi connectivity index (χ3n) is 3.02. The normalized spacial score (nSPS) is 34.8. The molecule has 0 aromatic heterocycles. The van der Waals surface area contributed by atoms with E-state index in [1.54, 1.807) is 0 Å². The average Bonchev–Trinajstić information content (AvgIpc) is 2.47. The smallest absolute Gasteiger partial charge is 0.0870 e. The second-order valence-electron chi connectivity index (χ2n) is 4.33. The largest absolute Gasteiger partial charge is 0.388 e. The Morgan fingerprint density at radius 3 is 2.33 bits per heavy atom. The summed E-state index contributed by atoms with van der Waals surface area (Å²) in [7, 11) is 0. The lowest BCUT2D eigenvalue weighted by Gasteiger charge is -2.25. The fourth-order valence-corrected chi connectivity index (χ4v) is 1.92. The van der Waals surface area contributed by atoms with Crippen molar-refractivity contribution in [2.45, 2.75) is 38.8 Å². The highest BCUT2D eigenvalue weighted by Gasteiger charge is 2.63. The molecule has 0 aliphatic heterocycles. The van der Waals surface area contributed by atoms with Crippen molar-refractivity contribution in [3.05, 3.63) is 0 Å². The minimum atomic E-state index is -0.572. The van der Waals surface area contributed by atoms with Gasteiger partial charge in [0.25, 0.3) is 0 Å². The van der Waals surface area contributed by atoms with Crippen LogP contribution >= 0.6 is 0 Å². The fourth-order valence-electron chi connectivity index (χ4n) is 1.92. The van der Waals surface area contributed by atoms with E-state index in [2.05, 4.69) is 19.2 Å². The minimum absolute atomic E-state index is 0.0409. The summed E-state index contributed by atoms with van der Waals surface area (Å²) >= 11 is 0. The number of nitrogens with one attached hydrogen (secondary N) is 1. The summed E-state index contributed by atoms with van der Waals surface area (Å²) in [5.41, 5.74) is 5.05.